The molecule has 1 heterocycles. The minimum Gasteiger partial charge on any atom is -0.491 e. The average Bonchev–Trinajstić information content (AvgIpc) is 2.26. The van der Waals surface area contributed by atoms with E-state index in [1.165, 1.54) is 0 Å². The highest BCUT2D eigenvalue weighted by Gasteiger charge is 2.20. The van der Waals surface area contributed by atoms with Gasteiger partial charge in [-0.2, -0.15) is 0 Å². The topological polar surface area (TPSA) is 68.4 Å². The number of pyridine rings is 1. The average molecular weight is 233 g/mol. The number of methoxy groups -OCH3 is 2. The fourth-order valence-corrected chi connectivity index (χ4v) is 1.13. The third-order valence-electron chi connectivity index (χ3n) is 1.84. The van der Waals surface area contributed by atoms with Crippen LogP contribution in [0.3, 0.4) is 0 Å². The van der Waals surface area contributed by atoms with Crippen LogP contribution >= 0.6 is 0 Å². The van der Waals surface area contributed by atoms with Gasteiger partial charge in [0.2, 0.25) is 5.43 Å². The molecule has 0 aliphatic carbocycles. The lowest BCUT2D eigenvalue weighted by molar-refractivity contribution is 0.0588. The van der Waals surface area contributed by atoms with Gasteiger partial charge in [-0.25, -0.2) is 13.6 Å². The first-order valence-corrected chi connectivity index (χ1v) is 4.19. The number of rotatable bonds is 3. The Morgan fingerprint density at radius 3 is 2.50 bits per heavy atom. The molecule has 88 valence electrons. The van der Waals surface area contributed by atoms with E-state index < -0.39 is 29.2 Å². The van der Waals surface area contributed by atoms with Crippen LogP contribution in [0.5, 0.6) is 5.75 Å². The molecule has 7 heteroatoms. The molecular formula is C9H9F2NO4. The number of halogens is 2. The van der Waals surface area contributed by atoms with Gasteiger partial charge >= 0.3 is 5.97 Å². The van der Waals surface area contributed by atoms with Crippen LogP contribution in [0, 0.1) is 0 Å². The molecule has 1 aromatic heterocycles. The quantitative estimate of drug-likeness (QED) is 0.794. The van der Waals surface area contributed by atoms with Gasteiger partial charge < -0.3 is 14.5 Å². The molecule has 1 aromatic rings. The van der Waals surface area contributed by atoms with Crippen LogP contribution in [-0.4, -0.2) is 25.2 Å². The summed E-state index contributed by atoms with van der Waals surface area (Å²) in [5.41, 5.74) is -1.89. The Morgan fingerprint density at radius 2 is 2.06 bits per heavy atom. The van der Waals surface area contributed by atoms with Crippen molar-refractivity contribution < 1.29 is 23.0 Å². The van der Waals surface area contributed by atoms with Crippen LogP contribution < -0.4 is 10.2 Å². The molecule has 0 atom stereocenters. The lowest BCUT2D eigenvalue weighted by atomic mass is 10.2. The van der Waals surface area contributed by atoms with E-state index in [1.54, 1.807) is 0 Å². The molecule has 1 rings (SSSR count). The van der Waals surface area contributed by atoms with Crippen LogP contribution in [0.25, 0.3) is 0 Å². The van der Waals surface area contributed by atoms with E-state index in [0.717, 1.165) is 14.2 Å². The van der Waals surface area contributed by atoms with Gasteiger partial charge in [0.1, 0.15) is 0 Å². The number of hydrogen-bond donors (Lipinski definition) is 1. The zero-order valence-corrected chi connectivity index (χ0v) is 8.54. The van der Waals surface area contributed by atoms with Crippen LogP contribution in [0.4, 0.5) is 8.78 Å². The molecule has 0 amide bonds. The van der Waals surface area contributed by atoms with Crippen molar-refractivity contribution in [1.29, 1.82) is 0 Å². The first kappa shape index (κ1) is 12.2. The predicted octanol–water partition coefficient (Wildman–Crippen LogP) is 1.11. The number of alkyl halides is 2. The second kappa shape index (κ2) is 4.73. The van der Waals surface area contributed by atoms with E-state index in [9.17, 15) is 18.4 Å². The summed E-state index contributed by atoms with van der Waals surface area (Å²) < 4.78 is 33.7. The molecule has 0 saturated carbocycles. The Morgan fingerprint density at radius 1 is 1.44 bits per heavy atom. The maximum absolute atomic E-state index is 12.4. The monoisotopic (exact) mass is 233 g/mol. The van der Waals surface area contributed by atoms with Crippen molar-refractivity contribution in [3.05, 3.63) is 27.7 Å². The maximum Gasteiger partial charge on any atom is 0.358 e. The van der Waals surface area contributed by atoms with Crippen molar-refractivity contribution >= 4 is 5.97 Å². The van der Waals surface area contributed by atoms with E-state index in [1.807, 2.05) is 0 Å². The molecule has 0 unspecified atom stereocenters. The first-order valence-electron chi connectivity index (χ1n) is 4.19. The van der Waals surface area contributed by atoms with Gasteiger partial charge in [0.25, 0.3) is 6.43 Å². The van der Waals surface area contributed by atoms with Gasteiger partial charge in [-0.15, -0.1) is 0 Å². The molecule has 16 heavy (non-hydrogen) atoms. The molecule has 0 aliphatic heterocycles. The van der Waals surface area contributed by atoms with Crippen molar-refractivity contribution in [1.82, 2.24) is 4.98 Å². The Labute approximate surface area is 89.0 Å². The summed E-state index contributed by atoms with van der Waals surface area (Å²) >= 11 is 0. The largest absolute Gasteiger partial charge is 0.491 e. The number of carbonyl (C=O) groups is 1. The third-order valence-corrected chi connectivity index (χ3v) is 1.84. The Bertz CT molecular complexity index is 455. The van der Waals surface area contributed by atoms with E-state index in [4.69, 9.17) is 0 Å². The second-order valence-corrected chi connectivity index (χ2v) is 2.79. The Kier molecular flexibility index (Phi) is 3.60. The minimum atomic E-state index is -2.89. The number of ether oxygens (including phenoxy) is 2. The van der Waals surface area contributed by atoms with Crippen molar-refractivity contribution in [3.8, 4) is 5.75 Å². The van der Waals surface area contributed by atoms with Gasteiger partial charge in [0, 0.05) is 6.07 Å². The Hall–Kier alpha value is -1.92. The molecular weight excluding hydrogens is 224 g/mol. The standard InChI is InChI=1S/C9H9F2NO4/c1-15-7-5(13)3-4(8(10)11)12-6(7)9(14)16-2/h3,8H,1-2H3,(H,12,13). The highest BCUT2D eigenvalue weighted by Crippen LogP contribution is 2.19. The molecule has 0 aromatic carbocycles. The summed E-state index contributed by atoms with van der Waals surface area (Å²) in [5, 5.41) is 0. The summed E-state index contributed by atoms with van der Waals surface area (Å²) in [6, 6.07) is 0.677. The van der Waals surface area contributed by atoms with E-state index in [-0.39, 0.29) is 5.75 Å². The first-order chi connectivity index (χ1) is 7.51. The fourth-order valence-electron chi connectivity index (χ4n) is 1.13. The third kappa shape index (κ3) is 2.18. The van der Waals surface area contributed by atoms with Crippen molar-refractivity contribution in [3.63, 3.8) is 0 Å². The van der Waals surface area contributed by atoms with Crippen LogP contribution in [0.1, 0.15) is 22.6 Å². The zero-order valence-electron chi connectivity index (χ0n) is 8.54. The van der Waals surface area contributed by atoms with E-state index in [2.05, 4.69) is 14.5 Å². The lowest BCUT2D eigenvalue weighted by Crippen LogP contribution is -2.17. The summed E-state index contributed by atoms with van der Waals surface area (Å²) in [5.74, 6) is -1.30. The number of H-pyrrole nitrogens is 1. The summed E-state index contributed by atoms with van der Waals surface area (Å²) in [7, 11) is 2.22. The highest BCUT2D eigenvalue weighted by molar-refractivity contribution is 5.90. The number of aromatic amines is 1. The van der Waals surface area contributed by atoms with Crippen molar-refractivity contribution in [2.45, 2.75) is 6.43 Å². The van der Waals surface area contributed by atoms with Crippen LogP contribution in [0.2, 0.25) is 0 Å². The minimum absolute atomic E-state index is 0.351. The van der Waals surface area contributed by atoms with Gasteiger partial charge in [-0.1, -0.05) is 0 Å². The summed E-state index contributed by atoms with van der Waals surface area (Å²) in [4.78, 5) is 24.6. The Balaban J connectivity index is 3.43. The molecule has 1 N–H and O–H groups in total. The number of aromatic nitrogens is 1. The van der Waals surface area contributed by atoms with Crippen molar-refractivity contribution in [2.24, 2.45) is 0 Å². The number of esters is 1. The molecule has 0 fully saturated rings. The zero-order chi connectivity index (χ0) is 12.3. The number of hydrogen-bond acceptors (Lipinski definition) is 4. The molecule has 5 nitrogen and oxygen atoms in total. The molecule has 0 bridgehead atoms. The molecule has 0 aliphatic rings. The van der Waals surface area contributed by atoms with Crippen LogP contribution in [0.15, 0.2) is 10.9 Å². The highest BCUT2D eigenvalue weighted by atomic mass is 19.3. The number of nitrogens with one attached hydrogen (secondary N) is 1. The number of carbonyl (C=O) groups excluding carboxylic acids is 1. The maximum atomic E-state index is 12.4. The summed E-state index contributed by atoms with van der Waals surface area (Å²) in [6.45, 7) is 0. The van der Waals surface area contributed by atoms with Gasteiger partial charge in [-0.3, -0.25) is 4.79 Å². The molecule has 0 saturated heterocycles. The van der Waals surface area contributed by atoms with E-state index >= 15 is 0 Å². The van der Waals surface area contributed by atoms with Gasteiger partial charge in [0.05, 0.1) is 19.9 Å². The van der Waals surface area contributed by atoms with Crippen LogP contribution in [-0.2, 0) is 4.74 Å². The predicted molar refractivity (Wildman–Crippen MR) is 49.9 cm³/mol. The summed E-state index contributed by atoms with van der Waals surface area (Å²) in [6.07, 6.45) is -2.89. The fraction of sp³-hybridized carbons (Fsp3) is 0.333. The normalized spacial score (nSPS) is 10.3. The SMILES string of the molecule is COC(=O)c1[nH]c(C(F)F)cc(=O)c1OC. The van der Waals surface area contributed by atoms with Gasteiger partial charge in [0.15, 0.2) is 11.4 Å². The van der Waals surface area contributed by atoms with Gasteiger partial charge in [-0.05, 0) is 0 Å². The molecule has 0 radical (unpaired) electrons. The van der Waals surface area contributed by atoms with E-state index in [0.29, 0.717) is 6.07 Å². The second-order valence-electron chi connectivity index (χ2n) is 2.79. The lowest BCUT2D eigenvalue weighted by Gasteiger charge is -2.08. The smallest absolute Gasteiger partial charge is 0.358 e. The van der Waals surface area contributed by atoms with Crippen molar-refractivity contribution in [2.75, 3.05) is 14.2 Å². The molecule has 0 spiro atoms.